The minimum Gasteiger partial charge on any atom is -0.0984 e. The first kappa shape index (κ1) is 10.5. The standard InChI is InChI=1S/C10H10.Sn/c1-3-9-7-5-6-8-10(9)4-2;/h3-8H,1-2H2;. The number of rotatable bonds is 2. The molecule has 0 aliphatic rings. The fourth-order valence-electron chi connectivity index (χ4n) is 0.883. The molecule has 1 heteroatoms. The van der Waals surface area contributed by atoms with Crippen LogP contribution in [0.4, 0.5) is 0 Å². The fourth-order valence-corrected chi connectivity index (χ4v) is 0.883. The van der Waals surface area contributed by atoms with Crippen LogP contribution in [0.5, 0.6) is 0 Å². The Labute approximate surface area is 84.6 Å². The average molecular weight is 249 g/mol. The molecule has 0 nitrogen and oxygen atoms in total. The third kappa shape index (κ3) is 2.54. The van der Waals surface area contributed by atoms with Crippen molar-refractivity contribution >= 4 is 36.1 Å². The van der Waals surface area contributed by atoms with Crippen molar-refractivity contribution in [2.45, 2.75) is 0 Å². The number of benzene rings is 1. The molecule has 4 radical (unpaired) electrons. The summed E-state index contributed by atoms with van der Waals surface area (Å²) in [4.78, 5) is 0. The van der Waals surface area contributed by atoms with Crippen LogP contribution >= 0.6 is 0 Å². The van der Waals surface area contributed by atoms with Gasteiger partial charge in [0.25, 0.3) is 0 Å². The van der Waals surface area contributed by atoms with Crippen molar-refractivity contribution in [3.8, 4) is 0 Å². The maximum Gasteiger partial charge on any atom is 0 e. The predicted molar refractivity (Wildman–Crippen MR) is 52.4 cm³/mol. The van der Waals surface area contributed by atoms with Gasteiger partial charge in [0, 0.05) is 23.9 Å². The molecule has 0 amide bonds. The molecule has 0 saturated carbocycles. The zero-order valence-corrected chi connectivity index (χ0v) is 9.23. The predicted octanol–water partition coefficient (Wildman–Crippen LogP) is 2.59. The Balaban J connectivity index is 0.000001000. The van der Waals surface area contributed by atoms with Crippen LogP contribution < -0.4 is 0 Å². The molecule has 0 atom stereocenters. The Morgan fingerprint density at radius 2 is 1.27 bits per heavy atom. The van der Waals surface area contributed by atoms with Crippen molar-refractivity contribution in [1.82, 2.24) is 0 Å². The zero-order valence-electron chi connectivity index (χ0n) is 6.38. The summed E-state index contributed by atoms with van der Waals surface area (Å²) in [6.45, 7) is 7.38. The van der Waals surface area contributed by atoms with E-state index in [4.69, 9.17) is 0 Å². The van der Waals surface area contributed by atoms with Gasteiger partial charge in [-0.2, -0.15) is 0 Å². The number of hydrogen-bond acceptors (Lipinski definition) is 0. The zero-order chi connectivity index (χ0) is 7.40. The van der Waals surface area contributed by atoms with Gasteiger partial charge in [-0.15, -0.1) is 0 Å². The van der Waals surface area contributed by atoms with Gasteiger partial charge in [0.15, 0.2) is 0 Å². The van der Waals surface area contributed by atoms with Gasteiger partial charge in [-0.05, 0) is 11.1 Å². The summed E-state index contributed by atoms with van der Waals surface area (Å²) in [5, 5.41) is 0. The van der Waals surface area contributed by atoms with Gasteiger partial charge in [-0.3, -0.25) is 0 Å². The summed E-state index contributed by atoms with van der Waals surface area (Å²) in [5.41, 5.74) is 2.27. The summed E-state index contributed by atoms with van der Waals surface area (Å²) in [6.07, 6.45) is 3.66. The Hall–Kier alpha value is -0.501. The molecule has 0 aliphatic carbocycles. The molecule has 0 fully saturated rings. The van der Waals surface area contributed by atoms with Crippen molar-refractivity contribution < 1.29 is 0 Å². The van der Waals surface area contributed by atoms with Crippen molar-refractivity contribution in [3.63, 3.8) is 0 Å². The van der Waals surface area contributed by atoms with E-state index in [0.717, 1.165) is 11.1 Å². The molecule has 1 rings (SSSR count). The maximum atomic E-state index is 3.69. The third-order valence-corrected chi connectivity index (χ3v) is 1.44. The average Bonchev–Trinajstić information content (AvgIpc) is 2.04. The van der Waals surface area contributed by atoms with Crippen molar-refractivity contribution in [3.05, 3.63) is 48.6 Å². The van der Waals surface area contributed by atoms with Crippen LogP contribution in [0.3, 0.4) is 0 Å². The number of hydrogen-bond donors (Lipinski definition) is 0. The molecule has 1 aromatic rings. The van der Waals surface area contributed by atoms with Gasteiger partial charge < -0.3 is 0 Å². The van der Waals surface area contributed by atoms with Crippen LogP contribution in [0.25, 0.3) is 12.2 Å². The van der Waals surface area contributed by atoms with Crippen molar-refractivity contribution in [2.24, 2.45) is 0 Å². The normalized spacial score (nSPS) is 8.00. The van der Waals surface area contributed by atoms with Crippen molar-refractivity contribution in [2.75, 3.05) is 0 Å². The molecule has 0 heterocycles. The minimum absolute atomic E-state index is 0. The second-order valence-corrected chi connectivity index (χ2v) is 2.04. The molecular formula is C10H10Sn. The Bertz CT molecular complexity index is 224. The Morgan fingerprint density at radius 3 is 1.55 bits per heavy atom. The van der Waals surface area contributed by atoms with Gasteiger partial charge in [-0.1, -0.05) is 49.6 Å². The molecule has 0 bridgehead atoms. The molecule has 0 aromatic heterocycles. The molecule has 1 aromatic carbocycles. The van der Waals surface area contributed by atoms with E-state index < -0.39 is 0 Å². The van der Waals surface area contributed by atoms with Gasteiger partial charge >= 0.3 is 0 Å². The van der Waals surface area contributed by atoms with E-state index in [1.165, 1.54) is 0 Å². The van der Waals surface area contributed by atoms with Gasteiger partial charge in [-0.25, -0.2) is 0 Å². The van der Waals surface area contributed by atoms with Gasteiger partial charge in [0.2, 0.25) is 0 Å². The SMILES string of the molecule is C=Cc1ccccc1C=C.[Sn]. The Morgan fingerprint density at radius 1 is 0.909 bits per heavy atom. The first-order chi connectivity index (χ1) is 4.88. The molecule has 0 aliphatic heterocycles. The quantitative estimate of drug-likeness (QED) is 0.706. The fraction of sp³-hybridized carbons (Fsp3) is 0. The molecule has 0 saturated heterocycles. The molecule has 0 spiro atoms. The van der Waals surface area contributed by atoms with Crippen LogP contribution in [-0.2, 0) is 0 Å². The van der Waals surface area contributed by atoms with Gasteiger partial charge in [0.1, 0.15) is 0 Å². The van der Waals surface area contributed by atoms with E-state index in [2.05, 4.69) is 13.2 Å². The maximum absolute atomic E-state index is 3.69. The summed E-state index contributed by atoms with van der Waals surface area (Å²) < 4.78 is 0. The molecule has 11 heavy (non-hydrogen) atoms. The summed E-state index contributed by atoms with van der Waals surface area (Å²) in [6, 6.07) is 8.02. The van der Waals surface area contributed by atoms with Crippen molar-refractivity contribution in [1.29, 1.82) is 0 Å². The van der Waals surface area contributed by atoms with Crippen LogP contribution in [0.15, 0.2) is 37.4 Å². The van der Waals surface area contributed by atoms with E-state index in [1.807, 2.05) is 36.4 Å². The van der Waals surface area contributed by atoms with E-state index in [0.29, 0.717) is 0 Å². The monoisotopic (exact) mass is 250 g/mol. The Kier molecular flexibility index (Phi) is 4.95. The third-order valence-electron chi connectivity index (χ3n) is 1.44. The molecule has 0 unspecified atom stereocenters. The molecular weight excluding hydrogens is 239 g/mol. The van der Waals surface area contributed by atoms with Crippen LogP contribution in [0.2, 0.25) is 0 Å². The van der Waals surface area contributed by atoms with E-state index in [1.54, 1.807) is 0 Å². The van der Waals surface area contributed by atoms with Gasteiger partial charge in [0.05, 0.1) is 0 Å². The topological polar surface area (TPSA) is 0 Å². The minimum atomic E-state index is 0. The summed E-state index contributed by atoms with van der Waals surface area (Å²) in [7, 11) is 0. The smallest absolute Gasteiger partial charge is 0 e. The first-order valence-electron chi connectivity index (χ1n) is 3.22. The first-order valence-corrected chi connectivity index (χ1v) is 3.22. The van der Waals surface area contributed by atoms with Crippen LogP contribution in [-0.4, -0.2) is 23.9 Å². The van der Waals surface area contributed by atoms with E-state index >= 15 is 0 Å². The van der Waals surface area contributed by atoms with E-state index in [9.17, 15) is 0 Å². The summed E-state index contributed by atoms with van der Waals surface area (Å²) >= 11 is 0. The van der Waals surface area contributed by atoms with E-state index in [-0.39, 0.29) is 23.9 Å². The van der Waals surface area contributed by atoms with Crippen LogP contribution in [0, 0.1) is 0 Å². The molecule has 54 valence electrons. The second-order valence-electron chi connectivity index (χ2n) is 2.04. The summed E-state index contributed by atoms with van der Waals surface area (Å²) in [5.74, 6) is 0. The second kappa shape index (κ2) is 5.19. The molecule has 0 N–H and O–H groups in total. The van der Waals surface area contributed by atoms with Crippen LogP contribution in [0.1, 0.15) is 11.1 Å². The largest absolute Gasteiger partial charge is 0.0984 e.